The first kappa shape index (κ1) is 12.7. The fourth-order valence-corrected chi connectivity index (χ4v) is 1.56. The molecule has 1 rings (SSSR count). The van der Waals surface area contributed by atoms with Crippen LogP contribution in [0.4, 0.5) is 0 Å². The third-order valence-electron chi connectivity index (χ3n) is 2.17. The molecule has 0 saturated carbocycles. The molecule has 1 aromatic heterocycles. The topological polar surface area (TPSA) is 42.3 Å². The zero-order valence-corrected chi connectivity index (χ0v) is 10.2. The van der Waals surface area contributed by atoms with Crippen molar-refractivity contribution in [2.24, 2.45) is 10.9 Å². The maximum Gasteiger partial charge on any atom is 0.188 e. The SMILES string of the molecule is CC(C)CC(N=C=S)C(=O)c1ccncc1. The Morgan fingerprint density at radius 3 is 2.62 bits per heavy atom. The zero-order chi connectivity index (χ0) is 12.0. The van der Waals surface area contributed by atoms with Gasteiger partial charge >= 0.3 is 0 Å². The molecule has 1 atom stereocenters. The number of isothiocyanates is 1. The van der Waals surface area contributed by atoms with E-state index in [4.69, 9.17) is 0 Å². The molecular weight excluding hydrogens is 220 g/mol. The van der Waals surface area contributed by atoms with Gasteiger partial charge in [-0.05, 0) is 36.7 Å². The van der Waals surface area contributed by atoms with Gasteiger partial charge in [-0.15, -0.1) is 0 Å². The van der Waals surface area contributed by atoms with Crippen molar-refractivity contribution < 1.29 is 4.79 Å². The van der Waals surface area contributed by atoms with Crippen LogP contribution in [0.25, 0.3) is 0 Å². The van der Waals surface area contributed by atoms with Crippen molar-refractivity contribution in [2.45, 2.75) is 26.3 Å². The predicted molar refractivity (Wildman–Crippen MR) is 66.8 cm³/mol. The molecule has 0 amide bonds. The van der Waals surface area contributed by atoms with Crippen LogP contribution in [-0.4, -0.2) is 22.0 Å². The van der Waals surface area contributed by atoms with Gasteiger partial charge in [-0.3, -0.25) is 9.78 Å². The average molecular weight is 234 g/mol. The highest BCUT2D eigenvalue weighted by Crippen LogP contribution is 2.13. The number of pyridine rings is 1. The molecule has 0 bridgehead atoms. The van der Waals surface area contributed by atoms with Gasteiger partial charge < -0.3 is 0 Å². The van der Waals surface area contributed by atoms with Crippen LogP contribution < -0.4 is 0 Å². The lowest BCUT2D eigenvalue weighted by Gasteiger charge is -2.12. The number of aliphatic imine (C=N–C) groups is 1. The number of nitrogens with zero attached hydrogens (tertiary/aromatic N) is 2. The van der Waals surface area contributed by atoms with E-state index in [1.807, 2.05) is 13.8 Å². The van der Waals surface area contributed by atoms with E-state index < -0.39 is 6.04 Å². The van der Waals surface area contributed by atoms with Crippen LogP contribution >= 0.6 is 12.2 Å². The lowest BCUT2D eigenvalue weighted by atomic mass is 9.97. The molecule has 0 radical (unpaired) electrons. The Kier molecular flexibility index (Phi) is 4.96. The van der Waals surface area contributed by atoms with Crippen LogP contribution in [0.3, 0.4) is 0 Å². The van der Waals surface area contributed by atoms with Crippen LogP contribution in [0, 0.1) is 5.92 Å². The maximum atomic E-state index is 12.1. The lowest BCUT2D eigenvalue weighted by molar-refractivity contribution is 0.0952. The maximum absolute atomic E-state index is 12.1. The van der Waals surface area contributed by atoms with Crippen molar-refractivity contribution in [3.05, 3.63) is 30.1 Å². The number of ketones is 1. The van der Waals surface area contributed by atoms with Gasteiger partial charge in [-0.2, -0.15) is 0 Å². The molecule has 84 valence electrons. The summed E-state index contributed by atoms with van der Waals surface area (Å²) in [6.07, 6.45) is 3.88. The Hall–Kier alpha value is -1.38. The van der Waals surface area contributed by atoms with Crippen LogP contribution in [0.2, 0.25) is 0 Å². The number of hydrogen-bond donors (Lipinski definition) is 0. The molecule has 0 spiro atoms. The summed E-state index contributed by atoms with van der Waals surface area (Å²) in [6.45, 7) is 4.09. The molecule has 4 heteroatoms. The van der Waals surface area contributed by atoms with Gasteiger partial charge in [0.25, 0.3) is 0 Å². The highest BCUT2D eigenvalue weighted by molar-refractivity contribution is 7.78. The highest BCUT2D eigenvalue weighted by atomic mass is 32.1. The van der Waals surface area contributed by atoms with Crippen LogP contribution in [-0.2, 0) is 0 Å². The molecule has 16 heavy (non-hydrogen) atoms. The van der Waals surface area contributed by atoms with E-state index >= 15 is 0 Å². The summed E-state index contributed by atoms with van der Waals surface area (Å²) in [4.78, 5) is 19.9. The second-order valence-corrected chi connectivity index (χ2v) is 4.15. The molecule has 1 heterocycles. The van der Waals surface area contributed by atoms with Gasteiger partial charge in [0.2, 0.25) is 0 Å². The summed E-state index contributed by atoms with van der Waals surface area (Å²) >= 11 is 4.57. The molecule has 3 nitrogen and oxygen atoms in total. The van der Waals surface area contributed by atoms with Gasteiger partial charge in [0.05, 0.1) is 5.16 Å². The van der Waals surface area contributed by atoms with Crippen LogP contribution in [0.5, 0.6) is 0 Å². The Bertz CT molecular complexity index is 397. The summed E-state index contributed by atoms with van der Waals surface area (Å²) in [7, 11) is 0. The predicted octanol–water partition coefficient (Wildman–Crippen LogP) is 2.78. The first-order valence-corrected chi connectivity index (χ1v) is 5.57. The number of aromatic nitrogens is 1. The Morgan fingerprint density at radius 2 is 2.12 bits per heavy atom. The number of rotatable bonds is 5. The first-order valence-electron chi connectivity index (χ1n) is 5.16. The second-order valence-electron chi connectivity index (χ2n) is 3.97. The van der Waals surface area contributed by atoms with E-state index in [1.165, 1.54) is 0 Å². The molecule has 0 N–H and O–H groups in total. The highest BCUT2D eigenvalue weighted by Gasteiger charge is 2.19. The Labute approximate surface area is 101 Å². The summed E-state index contributed by atoms with van der Waals surface area (Å²) < 4.78 is 0. The summed E-state index contributed by atoms with van der Waals surface area (Å²) in [6, 6.07) is 2.96. The van der Waals surface area contributed by atoms with E-state index in [2.05, 4.69) is 27.4 Å². The summed E-state index contributed by atoms with van der Waals surface area (Å²) in [5.41, 5.74) is 0.620. The molecule has 1 unspecified atom stereocenters. The lowest BCUT2D eigenvalue weighted by Crippen LogP contribution is -2.20. The van der Waals surface area contributed by atoms with Gasteiger partial charge in [0.1, 0.15) is 6.04 Å². The third kappa shape index (κ3) is 3.65. The molecule has 0 saturated heterocycles. The van der Waals surface area contributed by atoms with Crippen molar-refractivity contribution in [1.29, 1.82) is 0 Å². The minimum atomic E-state index is -0.417. The largest absolute Gasteiger partial charge is 0.292 e. The summed E-state index contributed by atoms with van der Waals surface area (Å²) in [5, 5.41) is 2.30. The number of carbonyl (C=O) groups excluding carboxylic acids is 1. The number of hydrogen-bond acceptors (Lipinski definition) is 4. The van der Waals surface area contributed by atoms with E-state index in [1.54, 1.807) is 24.5 Å². The van der Waals surface area contributed by atoms with Gasteiger partial charge in [-0.25, -0.2) is 4.99 Å². The van der Waals surface area contributed by atoms with Gasteiger partial charge in [-0.1, -0.05) is 13.8 Å². The minimum absolute atomic E-state index is 0.0200. The van der Waals surface area contributed by atoms with E-state index in [0.717, 1.165) is 0 Å². The molecule has 0 aliphatic heterocycles. The van der Waals surface area contributed by atoms with Crippen molar-refractivity contribution in [3.8, 4) is 0 Å². The number of carbonyl (C=O) groups is 1. The average Bonchev–Trinajstić information content (AvgIpc) is 2.28. The van der Waals surface area contributed by atoms with E-state index in [0.29, 0.717) is 17.9 Å². The zero-order valence-electron chi connectivity index (χ0n) is 9.38. The minimum Gasteiger partial charge on any atom is -0.292 e. The second kappa shape index (κ2) is 6.26. The quantitative estimate of drug-likeness (QED) is 0.447. The molecular formula is C12H14N2OS. The Balaban J connectivity index is 2.87. The molecule has 0 fully saturated rings. The van der Waals surface area contributed by atoms with Gasteiger partial charge in [0.15, 0.2) is 5.78 Å². The van der Waals surface area contributed by atoms with Crippen molar-refractivity contribution >= 4 is 23.2 Å². The Morgan fingerprint density at radius 1 is 1.50 bits per heavy atom. The molecule has 0 aliphatic carbocycles. The molecule has 1 aromatic rings. The van der Waals surface area contributed by atoms with Crippen LogP contribution in [0.1, 0.15) is 30.6 Å². The van der Waals surface area contributed by atoms with Gasteiger partial charge in [0, 0.05) is 18.0 Å². The standard InChI is InChI=1S/C12H14N2OS/c1-9(2)7-11(14-8-16)12(15)10-3-5-13-6-4-10/h3-6,9,11H,7H2,1-2H3. The normalized spacial score (nSPS) is 11.9. The molecule has 0 aliphatic rings. The smallest absolute Gasteiger partial charge is 0.188 e. The molecule has 0 aromatic carbocycles. The third-order valence-corrected chi connectivity index (χ3v) is 2.28. The first-order chi connectivity index (χ1) is 7.65. The fraction of sp³-hybridized carbons (Fsp3) is 0.417. The van der Waals surface area contributed by atoms with Crippen molar-refractivity contribution in [1.82, 2.24) is 4.98 Å². The van der Waals surface area contributed by atoms with E-state index in [-0.39, 0.29) is 5.78 Å². The van der Waals surface area contributed by atoms with Crippen molar-refractivity contribution in [3.63, 3.8) is 0 Å². The summed E-state index contributed by atoms with van der Waals surface area (Å²) in [5.74, 6) is 0.372. The monoisotopic (exact) mass is 234 g/mol. The fourth-order valence-electron chi connectivity index (χ4n) is 1.44. The van der Waals surface area contributed by atoms with E-state index in [9.17, 15) is 4.79 Å². The number of Topliss-reactive ketones (excluding diaryl/α,β-unsaturated/α-hetero) is 1. The van der Waals surface area contributed by atoms with Crippen LogP contribution in [0.15, 0.2) is 29.5 Å². The number of thiocarbonyl (C=S) groups is 1. The van der Waals surface area contributed by atoms with Crippen molar-refractivity contribution in [2.75, 3.05) is 0 Å².